The third-order valence-electron chi connectivity index (χ3n) is 2.85. The number of nitrogens with two attached hydrogens (primary N) is 1. The van der Waals surface area contributed by atoms with E-state index in [1.54, 1.807) is 16.7 Å². The summed E-state index contributed by atoms with van der Waals surface area (Å²) >= 11 is 7.62. The molecule has 1 aliphatic rings. The summed E-state index contributed by atoms with van der Waals surface area (Å²) in [5.74, 6) is 1.50. The zero-order chi connectivity index (χ0) is 14.0. The zero-order valence-electron chi connectivity index (χ0n) is 9.97. The Balaban J connectivity index is 2.34. The summed E-state index contributed by atoms with van der Waals surface area (Å²) in [5.41, 5.74) is 5.29. The number of hydrogen-bond donors (Lipinski definition) is 1. The summed E-state index contributed by atoms with van der Waals surface area (Å²) in [6, 6.07) is 2.57. The molecule has 19 heavy (non-hydrogen) atoms. The predicted molar refractivity (Wildman–Crippen MR) is 75.7 cm³/mol. The Bertz CT molecular complexity index is 532. The van der Waals surface area contributed by atoms with Gasteiger partial charge in [0.15, 0.2) is 0 Å². The van der Waals surface area contributed by atoms with E-state index in [1.165, 1.54) is 12.1 Å². The second kappa shape index (κ2) is 5.66. The third kappa shape index (κ3) is 2.93. The van der Waals surface area contributed by atoms with E-state index in [0.717, 1.165) is 11.5 Å². The van der Waals surface area contributed by atoms with Gasteiger partial charge in [0.1, 0.15) is 5.69 Å². The number of anilines is 1. The van der Waals surface area contributed by atoms with Crippen molar-refractivity contribution in [1.29, 1.82) is 0 Å². The van der Waals surface area contributed by atoms with Gasteiger partial charge in [-0.2, -0.15) is 11.8 Å². The maximum atomic E-state index is 12.2. The highest BCUT2D eigenvalue weighted by molar-refractivity contribution is 7.99. The van der Waals surface area contributed by atoms with Gasteiger partial charge in [0.05, 0.1) is 9.95 Å². The van der Waals surface area contributed by atoms with Crippen molar-refractivity contribution >= 4 is 40.6 Å². The number of halogens is 1. The molecular weight excluding hydrogens is 290 g/mol. The molecule has 2 N–H and O–H groups in total. The molecule has 1 aliphatic heterocycles. The molecule has 1 amide bonds. The van der Waals surface area contributed by atoms with Gasteiger partial charge in [0.25, 0.3) is 11.6 Å². The van der Waals surface area contributed by atoms with Crippen LogP contribution in [0.25, 0.3) is 0 Å². The second-order valence-electron chi connectivity index (χ2n) is 4.05. The van der Waals surface area contributed by atoms with Crippen LogP contribution in [0.15, 0.2) is 12.1 Å². The average Bonchev–Trinajstić information content (AvgIpc) is 2.41. The van der Waals surface area contributed by atoms with Crippen molar-refractivity contribution in [1.82, 2.24) is 4.90 Å². The van der Waals surface area contributed by atoms with Crippen LogP contribution in [0.1, 0.15) is 10.4 Å². The highest BCUT2D eigenvalue weighted by Crippen LogP contribution is 2.31. The summed E-state index contributed by atoms with van der Waals surface area (Å²) < 4.78 is 0. The van der Waals surface area contributed by atoms with E-state index >= 15 is 0 Å². The van der Waals surface area contributed by atoms with Crippen LogP contribution in [0.2, 0.25) is 5.02 Å². The molecule has 2 rings (SSSR count). The number of nitrogen functional groups attached to an aromatic ring is 1. The van der Waals surface area contributed by atoms with Gasteiger partial charge in [-0.25, -0.2) is 0 Å². The predicted octanol–water partition coefficient (Wildman–Crippen LogP) is 2.02. The number of amides is 1. The van der Waals surface area contributed by atoms with Gasteiger partial charge >= 0.3 is 0 Å². The van der Waals surface area contributed by atoms with E-state index in [1.807, 2.05) is 0 Å². The number of thioether (sulfide) groups is 1. The monoisotopic (exact) mass is 301 g/mol. The third-order valence-corrected chi connectivity index (χ3v) is 4.10. The zero-order valence-corrected chi connectivity index (χ0v) is 11.5. The number of nitro benzene ring substituents is 1. The first-order chi connectivity index (χ1) is 9.00. The van der Waals surface area contributed by atoms with Crippen LogP contribution < -0.4 is 5.73 Å². The molecule has 0 unspecified atom stereocenters. The van der Waals surface area contributed by atoms with Gasteiger partial charge in [-0.3, -0.25) is 14.9 Å². The van der Waals surface area contributed by atoms with Crippen LogP contribution in [0.5, 0.6) is 0 Å². The molecular formula is C11H12ClN3O3S. The molecule has 0 spiro atoms. The van der Waals surface area contributed by atoms with E-state index in [2.05, 4.69) is 0 Å². The van der Waals surface area contributed by atoms with Crippen LogP contribution >= 0.6 is 23.4 Å². The average molecular weight is 302 g/mol. The minimum Gasteiger partial charge on any atom is -0.392 e. The minimum absolute atomic E-state index is 0.0314. The van der Waals surface area contributed by atoms with Crippen molar-refractivity contribution in [2.24, 2.45) is 0 Å². The summed E-state index contributed by atoms with van der Waals surface area (Å²) in [6.45, 7) is 1.28. The van der Waals surface area contributed by atoms with Gasteiger partial charge < -0.3 is 10.6 Å². The van der Waals surface area contributed by atoms with Crippen molar-refractivity contribution in [2.45, 2.75) is 0 Å². The molecule has 0 aromatic heterocycles. The van der Waals surface area contributed by atoms with Crippen LogP contribution in [0, 0.1) is 10.1 Å². The maximum Gasteiger partial charge on any atom is 0.294 e. The molecule has 1 aromatic rings. The molecule has 0 saturated carbocycles. The first-order valence-corrected chi connectivity index (χ1v) is 7.14. The van der Waals surface area contributed by atoms with Gasteiger partial charge in [-0.05, 0) is 6.07 Å². The largest absolute Gasteiger partial charge is 0.392 e. The SMILES string of the molecule is Nc1c(Cl)cc(C(=O)N2CCSCC2)cc1[N+](=O)[O-]. The van der Waals surface area contributed by atoms with Crippen LogP contribution in [0.3, 0.4) is 0 Å². The number of carbonyl (C=O) groups is 1. The van der Waals surface area contributed by atoms with E-state index < -0.39 is 4.92 Å². The first-order valence-electron chi connectivity index (χ1n) is 5.61. The lowest BCUT2D eigenvalue weighted by molar-refractivity contribution is -0.383. The van der Waals surface area contributed by atoms with Crippen molar-refractivity contribution in [3.8, 4) is 0 Å². The Morgan fingerprint density at radius 3 is 2.63 bits per heavy atom. The Kier molecular flexibility index (Phi) is 4.16. The fraction of sp³-hybridized carbons (Fsp3) is 0.364. The molecule has 8 heteroatoms. The number of nitro groups is 1. The summed E-state index contributed by atoms with van der Waals surface area (Å²) in [4.78, 5) is 24.1. The number of benzene rings is 1. The lowest BCUT2D eigenvalue weighted by Gasteiger charge is -2.26. The standard InChI is InChI=1S/C11H12ClN3O3S/c12-8-5-7(6-9(10(8)13)15(17)18)11(16)14-1-3-19-4-2-14/h5-6H,1-4,13H2. The fourth-order valence-corrected chi connectivity index (χ4v) is 2.94. The van der Waals surface area contributed by atoms with Gasteiger partial charge in [0, 0.05) is 36.2 Å². The lowest BCUT2D eigenvalue weighted by atomic mass is 10.1. The van der Waals surface area contributed by atoms with E-state index in [0.29, 0.717) is 13.1 Å². The Labute approximate surface area is 119 Å². The van der Waals surface area contributed by atoms with Crippen LogP contribution in [-0.2, 0) is 0 Å². The van der Waals surface area contributed by atoms with Gasteiger partial charge in [0.2, 0.25) is 0 Å². The molecule has 1 heterocycles. The number of carbonyl (C=O) groups excluding carboxylic acids is 1. The Hall–Kier alpha value is -1.47. The van der Waals surface area contributed by atoms with E-state index in [9.17, 15) is 14.9 Å². The highest BCUT2D eigenvalue weighted by atomic mass is 35.5. The number of hydrogen-bond acceptors (Lipinski definition) is 5. The fourth-order valence-electron chi connectivity index (χ4n) is 1.83. The molecule has 1 aromatic carbocycles. The van der Waals surface area contributed by atoms with Crippen molar-refractivity contribution in [3.05, 3.63) is 32.8 Å². The summed E-state index contributed by atoms with van der Waals surface area (Å²) in [6.07, 6.45) is 0. The molecule has 102 valence electrons. The van der Waals surface area contributed by atoms with Crippen LogP contribution in [-0.4, -0.2) is 40.3 Å². The molecule has 1 saturated heterocycles. The number of nitrogens with zero attached hydrogens (tertiary/aromatic N) is 2. The second-order valence-corrected chi connectivity index (χ2v) is 5.68. The molecule has 0 aliphatic carbocycles. The molecule has 6 nitrogen and oxygen atoms in total. The minimum atomic E-state index is -0.635. The summed E-state index contributed by atoms with van der Waals surface area (Å²) in [7, 11) is 0. The van der Waals surface area contributed by atoms with E-state index in [-0.39, 0.29) is 27.9 Å². The summed E-state index contributed by atoms with van der Waals surface area (Å²) in [5, 5.41) is 10.9. The van der Waals surface area contributed by atoms with Gasteiger partial charge in [-0.15, -0.1) is 0 Å². The molecule has 0 radical (unpaired) electrons. The van der Waals surface area contributed by atoms with Crippen molar-refractivity contribution < 1.29 is 9.72 Å². The smallest absolute Gasteiger partial charge is 0.294 e. The van der Waals surface area contributed by atoms with E-state index in [4.69, 9.17) is 17.3 Å². The first kappa shape index (κ1) is 14.0. The lowest BCUT2D eigenvalue weighted by Crippen LogP contribution is -2.37. The van der Waals surface area contributed by atoms with Crippen LogP contribution in [0.4, 0.5) is 11.4 Å². The molecule has 0 bridgehead atoms. The number of rotatable bonds is 2. The highest BCUT2D eigenvalue weighted by Gasteiger charge is 2.23. The van der Waals surface area contributed by atoms with Crippen molar-refractivity contribution in [3.63, 3.8) is 0 Å². The topological polar surface area (TPSA) is 89.5 Å². The Morgan fingerprint density at radius 1 is 1.42 bits per heavy atom. The quantitative estimate of drug-likeness (QED) is 0.513. The van der Waals surface area contributed by atoms with Gasteiger partial charge in [-0.1, -0.05) is 11.6 Å². The molecule has 1 fully saturated rings. The Morgan fingerprint density at radius 2 is 2.05 bits per heavy atom. The van der Waals surface area contributed by atoms with Crippen molar-refractivity contribution in [2.75, 3.05) is 30.3 Å². The normalized spacial score (nSPS) is 15.3. The molecule has 0 atom stereocenters. The maximum absolute atomic E-state index is 12.2.